The molecule has 0 aliphatic rings. The number of nitrogens with zero attached hydrogens (tertiary/aromatic N) is 4. The number of amides is 1. The van der Waals surface area contributed by atoms with Gasteiger partial charge in [0.2, 0.25) is 0 Å². The maximum atomic E-state index is 12.3. The van der Waals surface area contributed by atoms with E-state index >= 15 is 0 Å². The summed E-state index contributed by atoms with van der Waals surface area (Å²) < 4.78 is 1.53. The van der Waals surface area contributed by atoms with Gasteiger partial charge >= 0.3 is 0 Å². The van der Waals surface area contributed by atoms with Crippen molar-refractivity contribution in [2.24, 2.45) is 5.73 Å². The minimum atomic E-state index is -0.515. The van der Waals surface area contributed by atoms with Crippen LogP contribution in [0.3, 0.4) is 0 Å². The number of imidazole rings is 1. The molecule has 2 aromatic rings. The molecule has 2 rings (SSSR count). The zero-order valence-electron chi connectivity index (χ0n) is 12.3. The van der Waals surface area contributed by atoms with Gasteiger partial charge in [-0.05, 0) is 19.1 Å². The van der Waals surface area contributed by atoms with Gasteiger partial charge in [-0.3, -0.25) is 14.9 Å². The summed E-state index contributed by atoms with van der Waals surface area (Å²) in [5.41, 5.74) is 5.99. The summed E-state index contributed by atoms with van der Waals surface area (Å²) in [5.74, 6) is -0.307. The molecule has 1 atom stereocenters. The molecule has 1 aromatic carbocycles. The van der Waals surface area contributed by atoms with Crippen molar-refractivity contribution in [1.29, 1.82) is 0 Å². The van der Waals surface area contributed by atoms with Crippen molar-refractivity contribution in [3.8, 4) is 5.69 Å². The molecule has 1 heterocycles. The lowest BCUT2D eigenvalue weighted by molar-refractivity contribution is -0.384. The molecule has 0 spiro atoms. The van der Waals surface area contributed by atoms with Gasteiger partial charge in [0.05, 0.1) is 11.3 Å². The molecule has 0 bridgehead atoms. The fourth-order valence-electron chi connectivity index (χ4n) is 1.98. The largest absolute Gasteiger partial charge is 0.338 e. The molecule has 116 valence electrons. The molecule has 0 aliphatic carbocycles. The molecule has 8 nitrogen and oxygen atoms in total. The maximum absolute atomic E-state index is 12.3. The summed E-state index contributed by atoms with van der Waals surface area (Å²) in [6.45, 7) is 2.13. The quantitative estimate of drug-likeness (QED) is 0.659. The van der Waals surface area contributed by atoms with Crippen molar-refractivity contribution in [2.45, 2.75) is 13.0 Å². The SMILES string of the molecule is CC(CN)N(C)C(=O)c1ccc(-n2ccnc2)c([N+](=O)[O-])c1. The van der Waals surface area contributed by atoms with Gasteiger partial charge in [0.1, 0.15) is 5.69 Å². The molecular formula is C14H17N5O3. The Kier molecular flexibility index (Phi) is 4.52. The van der Waals surface area contributed by atoms with Crippen LogP contribution in [0.5, 0.6) is 0 Å². The second kappa shape index (κ2) is 6.35. The Labute approximate surface area is 127 Å². The average Bonchev–Trinajstić information content (AvgIpc) is 3.06. The average molecular weight is 303 g/mol. The third-order valence-corrected chi connectivity index (χ3v) is 3.52. The van der Waals surface area contributed by atoms with Crippen LogP contribution in [-0.2, 0) is 0 Å². The highest BCUT2D eigenvalue weighted by molar-refractivity contribution is 5.95. The maximum Gasteiger partial charge on any atom is 0.294 e. The van der Waals surface area contributed by atoms with Crippen molar-refractivity contribution >= 4 is 11.6 Å². The Hall–Kier alpha value is -2.74. The zero-order chi connectivity index (χ0) is 16.3. The Balaban J connectivity index is 2.42. The topological polar surface area (TPSA) is 107 Å². The van der Waals surface area contributed by atoms with Crippen LogP contribution < -0.4 is 5.73 Å². The Morgan fingerprint density at radius 2 is 2.27 bits per heavy atom. The van der Waals surface area contributed by atoms with Gasteiger partial charge in [-0.15, -0.1) is 0 Å². The van der Waals surface area contributed by atoms with Gasteiger partial charge in [0.15, 0.2) is 0 Å². The number of nitrogens with two attached hydrogens (primary N) is 1. The van der Waals surface area contributed by atoms with Crippen LogP contribution in [0.4, 0.5) is 5.69 Å². The number of benzene rings is 1. The Morgan fingerprint density at radius 1 is 1.55 bits per heavy atom. The summed E-state index contributed by atoms with van der Waals surface area (Å²) in [6.07, 6.45) is 4.60. The van der Waals surface area contributed by atoms with Crippen molar-refractivity contribution in [1.82, 2.24) is 14.5 Å². The molecule has 0 saturated carbocycles. The summed E-state index contributed by atoms with van der Waals surface area (Å²) in [4.78, 5) is 28.4. The van der Waals surface area contributed by atoms with E-state index in [-0.39, 0.29) is 23.2 Å². The van der Waals surface area contributed by atoms with Crippen LogP contribution in [0.2, 0.25) is 0 Å². The number of aromatic nitrogens is 2. The molecule has 0 radical (unpaired) electrons. The van der Waals surface area contributed by atoms with E-state index < -0.39 is 4.92 Å². The third kappa shape index (κ3) is 2.96. The van der Waals surface area contributed by atoms with Crippen LogP contribution in [0.15, 0.2) is 36.9 Å². The van der Waals surface area contributed by atoms with Crippen LogP contribution in [0, 0.1) is 10.1 Å². The highest BCUT2D eigenvalue weighted by Crippen LogP contribution is 2.24. The van der Waals surface area contributed by atoms with E-state index in [1.807, 2.05) is 6.92 Å². The number of hydrogen-bond donors (Lipinski definition) is 1. The second-order valence-corrected chi connectivity index (χ2v) is 4.93. The molecule has 1 amide bonds. The van der Waals surface area contributed by atoms with E-state index in [1.54, 1.807) is 19.3 Å². The Bertz CT molecular complexity index is 684. The molecule has 0 saturated heterocycles. The number of carbonyl (C=O) groups excluding carboxylic acids is 1. The lowest BCUT2D eigenvalue weighted by atomic mass is 10.1. The van der Waals surface area contributed by atoms with Gasteiger partial charge in [0.25, 0.3) is 11.6 Å². The van der Waals surface area contributed by atoms with Crippen LogP contribution in [0.1, 0.15) is 17.3 Å². The second-order valence-electron chi connectivity index (χ2n) is 4.93. The van der Waals surface area contributed by atoms with Crippen LogP contribution in [0.25, 0.3) is 5.69 Å². The van der Waals surface area contributed by atoms with Gasteiger partial charge in [-0.1, -0.05) is 0 Å². The molecule has 22 heavy (non-hydrogen) atoms. The number of hydrogen-bond acceptors (Lipinski definition) is 5. The van der Waals surface area contributed by atoms with E-state index in [1.165, 1.54) is 34.1 Å². The predicted octanol–water partition coefficient (Wildman–Crippen LogP) is 1.20. The first kappa shape index (κ1) is 15.6. The van der Waals surface area contributed by atoms with Gasteiger partial charge < -0.3 is 15.2 Å². The molecule has 1 unspecified atom stereocenters. The fourth-order valence-corrected chi connectivity index (χ4v) is 1.98. The van der Waals surface area contributed by atoms with E-state index in [9.17, 15) is 14.9 Å². The molecule has 1 aromatic heterocycles. The van der Waals surface area contributed by atoms with E-state index in [4.69, 9.17) is 5.73 Å². The highest BCUT2D eigenvalue weighted by Gasteiger charge is 2.22. The van der Waals surface area contributed by atoms with Crippen LogP contribution >= 0.6 is 0 Å². The third-order valence-electron chi connectivity index (χ3n) is 3.52. The number of nitro groups is 1. The molecule has 2 N–H and O–H groups in total. The standard InChI is InChI=1S/C14H17N5O3/c1-10(8-15)17(2)14(20)11-3-4-12(13(7-11)19(21)22)18-6-5-16-9-18/h3-7,9-10H,8,15H2,1-2H3. The van der Waals surface area contributed by atoms with Gasteiger partial charge in [0, 0.05) is 43.7 Å². The molecule has 0 fully saturated rings. The smallest absolute Gasteiger partial charge is 0.294 e. The van der Waals surface area contributed by atoms with Crippen molar-refractivity contribution in [3.63, 3.8) is 0 Å². The minimum absolute atomic E-state index is 0.153. The van der Waals surface area contributed by atoms with E-state index in [2.05, 4.69) is 4.98 Å². The first-order chi connectivity index (χ1) is 10.5. The molecule has 8 heteroatoms. The lowest BCUT2D eigenvalue weighted by Crippen LogP contribution is -2.39. The normalized spacial score (nSPS) is 12.0. The first-order valence-corrected chi connectivity index (χ1v) is 6.69. The fraction of sp³-hybridized carbons (Fsp3) is 0.286. The predicted molar refractivity (Wildman–Crippen MR) is 80.8 cm³/mol. The van der Waals surface area contributed by atoms with E-state index in [0.29, 0.717) is 12.2 Å². The summed E-state index contributed by atoms with van der Waals surface area (Å²) in [7, 11) is 1.62. The summed E-state index contributed by atoms with van der Waals surface area (Å²) in [5, 5.41) is 11.3. The van der Waals surface area contributed by atoms with Crippen molar-refractivity contribution in [2.75, 3.05) is 13.6 Å². The lowest BCUT2D eigenvalue weighted by Gasteiger charge is -2.23. The number of carbonyl (C=O) groups is 1. The number of rotatable bonds is 5. The van der Waals surface area contributed by atoms with Crippen molar-refractivity contribution in [3.05, 3.63) is 52.6 Å². The molecule has 0 aliphatic heterocycles. The number of nitro benzene ring substituents is 1. The Morgan fingerprint density at radius 3 is 2.82 bits per heavy atom. The molecular weight excluding hydrogens is 286 g/mol. The zero-order valence-corrected chi connectivity index (χ0v) is 12.3. The van der Waals surface area contributed by atoms with Crippen molar-refractivity contribution < 1.29 is 9.72 Å². The monoisotopic (exact) mass is 303 g/mol. The summed E-state index contributed by atoms with van der Waals surface area (Å²) >= 11 is 0. The summed E-state index contributed by atoms with van der Waals surface area (Å²) in [6, 6.07) is 4.22. The minimum Gasteiger partial charge on any atom is -0.338 e. The van der Waals surface area contributed by atoms with E-state index in [0.717, 1.165) is 0 Å². The van der Waals surface area contributed by atoms with Gasteiger partial charge in [-0.25, -0.2) is 4.98 Å². The van der Waals surface area contributed by atoms with Crippen LogP contribution in [-0.4, -0.2) is 44.9 Å². The van der Waals surface area contributed by atoms with Gasteiger partial charge in [-0.2, -0.15) is 0 Å². The number of likely N-dealkylation sites (N-methyl/N-ethyl adjacent to an activating group) is 1. The highest BCUT2D eigenvalue weighted by atomic mass is 16.6. The first-order valence-electron chi connectivity index (χ1n) is 6.69.